The van der Waals surface area contributed by atoms with E-state index < -0.39 is 36.1 Å². The summed E-state index contributed by atoms with van der Waals surface area (Å²) < 4.78 is 87.6. The van der Waals surface area contributed by atoms with E-state index in [1.807, 2.05) is 0 Å². The molecular formula is C20H14F6N4O2S. The highest BCUT2D eigenvalue weighted by Gasteiger charge is 2.63. The first kappa shape index (κ1) is 23.0. The molecule has 0 saturated heterocycles. The number of thiophene rings is 1. The lowest BCUT2D eigenvalue weighted by atomic mass is 10.0. The fourth-order valence-electron chi connectivity index (χ4n) is 3.23. The smallest absolute Gasteiger partial charge is 0.438 e. The Labute approximate surface area is 186 Å². The molecule has 1 aromatic carbocycles. The fourth-order valence-corrected chi connectivity index (χ4v) is 3.92. The minimum Gasteiger partial charge on any atom is -0.496 e. The molecular weight excluding hydrogens is 474 g/mol. The number of hydrogen-bond acceptors (Lipinski definition) is 7. The van der Waals surface area contributed by atoms with Gasteiger partial charge in [0.15, 0.2) is 5.69 Å². The molecule has 4 rings (SSSR count). The molecule has 0 bridgehead atoms. The molecule has 13 heteroatoms. The van der Waals surface area contributed by atoms with E-state index in [0.29, 0.717) is 6.07 Å². The summed E-state index contributed by atoms with van der Waals surface area (Å²) in [6.45, 7) is 0. The van der Waals surface area contributed by atoms with Gasteiger partial charge in [0.1, 0.15) is 5.75 Å². The third kappa shape index (κ3) is 4.13. The fraction of sp³-hybridized carbons (Fsp3) is 0.250. The van der Waals surface area contributed by atoms with Gasteiger partial charge in [0.25, 0.3) is 5.72 Å². The van der Waals surface area contributed by atoms with Crippen LogP contribution in [0.5, 0.6) is 5.75 Å². The zero-order chi connectivity index (χ0) is 24.0. The number of aliphatic hydroxyl groups is 1. The average molecular weight is 488 g/mol. The van der Waals surface area contributed by atoms with Gasteiger partial charge in [-0.2, -0.15) is 36.5 Å². The van der Waals surface area contributed by atoms with E-state index >= 15 is 0 Å². The van der Waals surface area contributed by atoms with Crippen molar-refractivity contribution in [3.05, 3.63) is 59.1 Å². The highest BCUT2D eigenvalue weighted by molar-refractivity contribution is 7.13. The van der Waals surface area contributed by atoms with Gasteiger partial charge < -0.3 is 9.84 Å². The Kier molecular flexibility index (Phi) is 5.56. The van der Waals surface area contributed by atoms with Crippen molar-refractivity contribution in [1.82, 2.24) is 9.97 Å². The maximum Gasteiger partial charge on any atom is 0.438 e. The number of hydrogen-bond donors (Lipinski definition) is 1. The molecule has 0 aliphatic carbocycles. The van der Waals surface area contributed by atoms with Crippen molar-refractivity contribution in [3.63, 3.8) is 0 Å². The Bertz CT molecular complexity index is 1200. The predicted molar refractivity (Wildman–Crippen MR) is 108 cm³/mol. The van der Waals surface area contributed by atoms with Crippen molar-refractivity contribution < 1.29 is 36.2 Å². The maximum absolute atomic E-state index is 14.0. The van der Waals surface area contributed by atoms with Crippen LogP contribution in [0, 0.1) is 0 Å². The second-order valence-electron chi connectivity index (χ2n) is 6.96. The summed E-state index contributed by atoms with van der Waals surface area (Å²) in [7, 11) is 1.30. The number of alkyl halides is 6. The average Bonchev–Trinajstić information content (AvgIpc) is 3.41. The van der Waals surface area contributed by atoms with Crippen molar-refractivity contribution in [1.29, 1.82) is 0 Å². The minimum absolute atomic E-state index is 0.0128. The van der Waals surface area contributed by atoms with Gasteiger partial charge in [0.2, 0.25) is 5.95 Å². The number of nitrogens with zero attached hydrogens (tertiary/aromatic N) is 4. The van der Waals surface area contributed by atoms with Crippen molar-refractivity contribution in [2.24, 2.45) is 5.10 Å². The minimum atomic E-state index is -5.30. The van der Waals surface area contributed by atoms with E-state index in [1.165, 1.54) is 31.4 Å². The highest BCUT2D eigenvalue weighted by atomic mass is 32.1. The molecule has 2 aromatic heterocycles. The van der Waals surface area contributed by atoms with Gasteiger partial charge in [0, 0.05) is 5.56 Å². The third-order valence-corrected chi connectivity index (χ3v) is 5.72. The summed E-state index contributed by atoms with van der Waals surface area (Å²) in [6, 6.07) is 9.63. The second kappa shape index (κ2) is 7.99. The zero-order valence-corrected chi connectivity index (χ0v) is 17.5. The van der Waals surface area contributed by atoms with E-state index in [0.717, 1.165) is 11.3 Å². The van der Waals surface area contributed by atoms with E-state index in [4.69, 9.17) is 4.74 Å². The molecule has 6 nitrogen and oxygen atoms in total. The van der Waals surface area contributed by atoms with Crippen LogP contribution in [0.3, 0.4) is 0 Å². The van der Waals surface area contributed by atoms with E-state index in [-0.39, 0.29) is 32.6 Å². The SMILES string of the molecule is COc1ccccc1C1=NN(c2nc(-c3cccs3)cc(C(F)(F)F)n2)[C@](O)(C(F)(F)F)C1. The summed E-state index contributed by atoms with van der Waals surface area (Å²) in [5, 5.41) is 16.0. The summed E-state index contributed by atoms with van der Waals surface area (Å²) in [5.74, 6) is -0.871. The summed E-state index contributed by atoms with van der Waals surface area (Å²) in [5.41, 5.74) is -5.53. The molecule has 1 aliphatic heterocycles. The van der Waals surface area contributed by atoms with Gasteiger partial charge >= 0.3 is 12.4 Å². The van der Waals surface area contributed by atoms with Crippen molar-refractivity contribution in [2.45, 2.75) is 24.5 Å². The number of anilines is 1. The van der Waals surface area contributed by atoms with Crippen LogP contribution in [0.15, 0.2) is 52.9 Å². The predicted octanol–water partition coefficient (Wildman–Crippen LogP) is 5.10. The van der Waals surface area contributed by atoms with Crippen molar-refractivity contribution >= 4 is 23.0 Å². The van der Waals surface area contributed by atoms with Crippen molar-refractivity contribution in [3.8, 4) is 16.3 Å². The van der Waals surface area contributed by atoms with Crippen LogP contribution in [-0.2, 0) is 6.18 Å². The lowest BCUT2D eigenvalue weighted by Crippen LogP contribution is -2.55. The first-order chi connectivity index (χ1) is 15.4. The van der Waals surface area contributed by atoms with Gasteiger partial charge in [-0.1, -0.05) is 18.2 Å². The molecule has 0 spiro atoms. The molecule has 3 aromatic rings. The normalized spacial score (nSPS) is 19.0. The van der Waals surface area contributed by atoms with Crippen LogP contribution in [0.4, 0.5) is 32.3 Å². The Balaban J connectivity index is 1.92. The van der Waals surface area contributed by atoms with Crippen molar-refractivity contribution in [2.75, 3.05) is 12.1 Å². The number of ether oxygens (including phenoxy) is 1. The Morgan fingerprint density at radius 3 is 2.39 bits per heavy atom. The number of para-hydroxylation sites is 1. The molecule has 0 fully saturated rings. The second-order valence-corrected chi connectivity index (χ2v) is 7.91. The number of aromatic nitrogens is 2. The molecule has 0 unspecified atom stereocenters. The molecule has 0 radical (unpaired) electrons. The van der Waals surface area contributed by atoms with Gasteiger partial charge in [-0.25, -0.2) is 9.97 Å². The van der Waals surface area contributed by atoms with Gasteiger partial charge in [0.05, 0.1) is 29.8 Å². The van der Waals surface area contributed by atoms with Gasteiger partial charge in [-0.3, -0.25) is 0 Å². The molecule has 0 saturated carbocycles. The highest BCUT2D eigenvalue weighted by Crippen LogP contribution is 2.44. The molecule has 1 aliphatic rings. The quantitative estimate of drug-likeness (QED) is 0.518. The topological polar surface area (TPSA) is 70.8 Å². The maximum atomic E-state index is 14.0. The van der Waals surface area contributed by atoms with E-state index in [9.17, 15) is 31.4 Å². The number of hydrazone groups is 1. The first-order valence-electron chi connectivity index (χ1n) is 9.24. The molecule has 33 heavy (non-hydrogen) atoms. The monoisotopic (exact) mass is 488 g/mol. The Morgan fingerprint density at radius 1 is 1.06 bits per heavy atom. The van der Waals surface area contributed by atoms with Crippen LogP contribution in [0.1, 0.15) is 17.7 Å². The van der Waals surface area contributed by atoms with Crippen LogP contribution < -0.4 is 9.75 Å². The largest absolute Gasteiger partial charge is 0.496 e. The molecule has 1 N–H and O–H groups in total. The van der Waals surface area contributed by atoms with Gasteiger partial charge in [-0.15, -0.1) is 11.3 Å². The summed E-state index contributed by atoms with van der Waals surface area (Å²) >= 11 is 1.04. The van der Waals surface area contributed by atoms with E-state index in [2.05, 4.69) is 15.1 Å². The number of rotatable bonds is 4. The molecule has 1 atom stereocenters. The first-order valence-corrected chi connectivity index (χ1v) is 10.1. The number of halogens is 6. The lowest BCUT2D eigenvalue weighted by Gasteiger charge is -2.32. The number of methoxy groups -OCH3 is 1. The standard InChI is InChI=1S/C20H14F6N4O2S/c1-32-14-6-3-2-5-11(14)13-10-18(31,20(24,25)26)30(29-13)17-27-12(15-7-4-8-33-15)9-16(28-17)19(21,22)23/h2-9,31H,10H2,1H3/t18-/m1/s1. The van der Waals surface area contributed by atoms with Crippen LogP contribution in [-0.4, -0.2) is 39.8 Å². The van der Waals surface area contributed by atoms with Gasteiger partial charge in [-0.05, 0) is 29.6 Å². The van der Waals surface area contributed by atoms with E-state index in [1.54, 1.807) is 17.5 Å². The van der Waals surface area contributed by atoms with Crippen LogP contribution in [0.2, 0.25) is 0 Å². The summed E-state index contributed by atoms with van der Waals surface area (Å²) in [4.78, 5) is 7.42. The lowest BCUT2D eigenvalue weighted by molar-refractivity contribution is -0.254. The molecule has 174 valence electrons. The summed E-state index contributed by atoms with van der Waals surface area (Å²) in [6.07, 6.45) is -11.4. The number of benzene rings is 1. The Hall–Kier alpha value is -3.19. The van der Waals surface area contributed by atoms with Crippen LogP contribution in [0.25, 0.3) is 10.6 Å². The molecule has 0 amide bonds. The van der Waals surface area contributed by atoms with Crippen LogP contribution >= 0.6 is 11.3 Å². The third-order valence-electron chi connectivity index (χ3n) is 4.82. The Morgan fingerprint density at radius 2 is 1.79 bits per heavy atom. The zero-order valence-electron chi connectivity index (χ0n) is 16.6. The molecule has 3 heterocycles.